The lowest BCUT2D eigenvalue weighted by atomic mass is 10.2. The average Bonchev–Trinajstić information content (AvgIpc) is 3.03. The van der Waals surface area contributed by atoms with Crippen molar-refractivity contribution in [1.29, 1.82) is 0 Å². The van der Waals surface area contributed by atoms with Crippen molar-refractivity contribution in [3.63, 3.8) is 0 Å². The molecule has 22 heavy (non-hydrogen) atoms. The molecule has 0 unspecified atom stereocenters. The number of nitrogens with zero attached hydrogens (tertiary/aromatic N) is 2. The number of hydrogen-bond acceptors (Lipinski definition) is 3. The van der Waals surface area contributed by atoms with E-state index in [2.05, 4.69) is 16.0 Å². The average molecular weight is 333 g/mol. The van der Waals surface area contributed by atoms with Gasteiger partial charge in [0.25, 0.3) is 0 Å². The molecule has 0 aliphatic carbocycles. The van der Waals surface area contributed by atoms with Crippen molar-refractivity contribution in [2.45, 2.75) is 13.1 Å². The van der Waals surface area contributed by atoms with E-state index in [0.29, 0.717) is 11.7 Å². The minimum Gasteiger partial charge on any atom is -0.470 e. The van der Waals surface area contributed by atoms with Crippen molar-refractivity contribution >= 4 is 28.9 Å². The molecule has 0 bridgehead atoms. The SMILES string of the molecule is Clc1cccc(CN(Cc2ccc(Cl)nc2)c2ccoc2)c1. The summed E-state index contributed by atoms with van der Waals surface area (Å²) in [5.74, 6) is 0. The van der Waals surface area contributed by atoms with Gasteiger partial charge in [0.15, 0.2) is 0 Å². The lowest BCUT2D eigenvalue weighted by Crippen LogP contribution is -2.21. The summed E-state index contributed by atoms with van der Waals surface area (Å²) in [7, 11) is 0. The molecule has 0 atom stereocenters. The van der Waals surface area contributed by atoms with Crippen LogP contribution in [0.3, 0.4) is 0 Å². The Morgan fingerprint density at radius 2 is 1.86 bits per heavy atom. The molecule has 0 saturated heterocycles. The van der Waals surface area contributed by atoms with E-state index in [-0.39, 0.29) is 0 Å². The molecule has 112 valence electrons. The molecule has 0 radical (unpaired) electrons. The summed E-state index contributed by atoms with van der Waals surface area (Å²) < 4.78 is 5.21. The molecule has 0 spiro atoms. The maximum atomic E-state index is 6.07. The fourth-order valence-corrected chi connectivity index (χ4v) is 2.58. The number of benzene rings is 1. The molecule has 5 heteroatoms. The van der Waals surface area contributed by atoms with E-state index < -0.39 is 0 Å². The summed E-state index contributed by atoms with van der Waals surface area (Å²) in [6, 6.07) is 13.6. The Hall–Kier alpha value is -1.97. The fourth-order valence-electron chi connectivity index (χ4n) is 2.25. The van der Waals surface area contributed by atoms with Crippen LogP contribution in [-0.4, -0.2) is 4.98 Å². The van der Waals surface area contributed by atoms with Crippen molar-refractivity contribution in [2.75, 3.05) is 4.90 Å². The van der Waals surface area contributed by atoms with Crippen LogP contribution in [0.15, 0.2) is 65.6 Å². The number of rotatable bonds is 5. The van der Waals surface area contributed by atoms with Crippen molar-refractivity contribution in [2.24, 2.45) is 0 Å². The highest BCUT2D eigenvalue weighted by atomic mass is 35.5. The number of hydrogen-bond donors (Lipinski definition) is 0. The Morgan fingerprint density at radius 1 is 1.00 bits per heavy atom. The fraction of sp³-hybridized carbons (Fsp3) is 0.118. The minimum atomic E-state index is 0.494. The Labute approximate surface area is 139 Å². The summed E-state index contributed by atoms with van der Waals surface area (Å²) in [5.41, 5.74) is 3.22. The van der Waals surface area contributed by atoms with Gasteiger partial charge in [-0.25, -0.2) is 4.98 Å². The Bertz CT molecular complexity index is 727. The summed E-state index contributed by atoms with van der Waals surface area (Å²) >= 11 is 11.9. The summed E-state index contributed by atoms with van der Waals surface area (Å²) in [6.45, 7) is 1.43. The highest BCUT2D eigenvalue weighted by molar-refractivity contribution is 6.30. The van der Waals surface area contributed by atoms with E-state index >= 15 is 0 Å². The van der Waals surface area contributed by atoms with E-state index in [9.17, 15) is 0 Å². The Balaban J connectivity index is 1.83. The van der Waals surface area contributed by atoms with Gasteiger partial charge in [-0.1, -0.05) is 41.4 Å². The van der Waals surface area contributed by atoms with Crippen LogP contribution in [-0.2, 0) is 13.1 Å². The molecular weight excluding hydrogens is 319 g/mol. The standard InChI is InChI=1S/C17H14Cl2N2O/c18-15-3-1-2-13(8-15)10-21(16-6-7-22-12-16)11-14-4-5-17(19)20-9-14/h1-9,12H,10-11H2. The smallest absolute Gasteiger partial charge is 0.129 e. The van der Waals surface area contributed by atoms with Crippen molar-refractivity contribution in [3.05, 3.63) is 82.5 Å². The first kappa shape index (κ1) is 14.9. The zero-order valence-electron chi connectivity index (χ0n) is 11.7. The molecule has 3 aromatic rings. The minimum absolute atomic E-state index is 0.494. The lowest BCUT2D eigenvalue weighted by Gasteiger charge is -2.23. The van der Waals surface area contributed by atoms with Crippen LogP contribution in [0.2, 0.25) is 10.2 Å². The maximum absolute atomic E-state index is 6.07. The summed E-state index contributed by atoms with van der Waals surface area (Å²) in [5, 5.41) is 1.23. The predicted molar refractivity (Wildman–Crippen MR) is 89.3 cm³/mol. The van der Waals surface area contributed by atoms with Crippen LogP contribution in [0.25, 0.3) is 0 Å². The molecule has 0 N–H and O–H groups in total. The molecule has 0 saturated carbocycles. The molecule has 1 aromatic carbocycles. The van der Waals surface area contributed by atoms with Gasteiger partial charge in [0, 0.05) is 24.3 Å². The van der Waals surface area contributed by atoms with Gasteiger partial charge in [-0.15, -0.1) is 0 Å². The number of furan rings is 1. The van der Waals surface area contributed by atoms with Gasteiger partial charge in [0.1, 0.15) is 11.4 Å². The normalized spacial score (nSPS) is 10.6. The van der Waals surface area contributed by atoms with E-state index in [0.717, 1.165) is 28.4 Å². The third kappa shape index (κ3) is 3.81. The zero-order chi connectivity index (χ0) is 15.4. The molecule has 0 fully saturated rings. The van der Waals surface area contributed by atoms with Gasteiger partial charge < -0.3 is 9.32 Å². The third-order valence-electron chi connectivity index (χ3n) is 3.30. The molecule has 3 rings (SSSR count). The van der Waals surface area contributed by atoms with Crippen molar-refractivity contribution in [1.82, 2.24) is 4.98 Å². The predicted octanol–water partition coefficient (Wildman–Crippen LogP) is 5.19. The molecule has 2 aromatic heterocycles. The first-order chi connectivity index (χ1) is 10.7. The monoisotopic (exact) mass is 332 g/mol. The molecule has 0 aliphatic heterocycles. The topological polar surface area (TPSA) is 29.3 Å². The number of aromatic nitrogens is 1. The first-order valence-electron chi connectivity index (χ1n) is 6.83. The first-order valence-corrected chi connectivity index (χ1v) is 7.58. The van der Waals surface area contributed by atoms with Crippen LogP contribution >= 0.6 is 23.2 Å². The number of halogens is 2. The largest absolute Gasteiger partial charge is 0.470 e. The Kier molecular flexibility index (Phi) is 4.66. The van der Waals surface area contributed by atoms with Crippen LogP contribution in [0, 0.1) is 0 Å². The summed E-state index contributed by atoms with van der Waals surface area (Å²) in [6.07, 6.45) is 5.18. The van der Waals surface area contributed by atoms with Gasteiger partial charge >= 0.3 is 0 Å². The Morgan fingerprint density at radius 3 is 2.55 bits per heavy atom. The summed E-state index contributed by atoms with van der Waals surface area (Å²) in [4.78, 5) is 6.32. The van der Waals surface area contributed by atoms with E-state index in [1.165, 1.54) is 0 Å². The number of anilines is 1. The van der Waals surface area contributed by atoms with Crippen LogP contribution in [0.4, 0.5) is 5.69 Å². The molecule has 0 aliphatic rings. The highest BCUT2D eigenvalue weighted by Gasteiger charge is 2.10. The third-order valence-corrected chi connectivity index (χ3v) is 3.75. The van der Waals surface area contributed by atoms with Crippen molar-refractivity contribution < 1.29 is 4.42 Å². The van der Waals surface area contributed by atoms with Gasteiger partial charge in [0.05, 0.1) is 12.0 Å². The second-order valence-corrected chi connectivity index (χ2v) is 5.78. The van der Waals surface area contributed by atoms with Crippen LogP contribution in [0.5, 0.6) is 0 Å². The quantitative estimate of drug-likeness (QED) is 0.602. The van der Waals surface area contributed by atoms with E-state index in [1.807, 2.05) is 30.3 Å². The van der Waals surface area contributed by atoms with Gasteiger partial charge in [-0.05, 0) is 35.4 Å². The second kappa shape index (κ2) is 6.86. The molecule has 0 amide bonds. The van der Waals surface area contributed by atoms with Gasteiger partial charge in [-0.2, -0.15) is 0 Å². The maximum Gasteiger partial charge on any atom is 0.129 e. The lowest BCUT2D eigenvalue weighted by molar-refractivity contribution is 0.565. The van der Waals surface area contributed by atoms with E-state index in [4.69, 9.17) is 27.6 Å². The van der Waals surface area contributed by atoms with Crippen LogP contribution < -0.4 is 4.90 Å². The molecular formula is C17H14Cl2N2O. The number of pyridine rings is 1. The molecule has 3 nitrogen and oxygen atoms in total. The highest BCUT2D eigenvalue weighted by Crippen LogP contribution is 2.22. The molecule has 2 heterocycles. The van der Waals surface area contributed by atoms with Crippen LogP contribution in [0.1, 0.15) is 11.1 Å². The van der Waals surface area contributed by atoms with E-state index in [1.54, 1.807) is 24.8 Å². The zero-order valence-corrected chi connectivity index (χ0v) is 13.3. The second-order valence-electron chi connectivity index (χ2n) is 4.96. The van der Waals surface area contributed by atoms with Gasteiger partial charge in [0.2, 0.25) is 0 Å². The van der Waals surface area contributed by atoms with Crippen molar-refractivity contribution in [3.8, 4) is 0 Å². The van der Waals surface area contributed by atoms with Gasteiger partial charge in [-0.3, -0.25) is 0 Å².